The average molecular weight is 283 g/mol. The summed E-state index contributed by atoms with van der Waals surface area (Å²) in [6.07, 6.45) is 7.06. The van der Waals surface area contributed by atoms with Gasteiger partial charge in [0.1, 0.15) is 5.82 Å². The van der Waals surface area contributed by atoms with Crippen LogP contribution >= 0.6 is 0 Å². The van der Waals surface area contributed by atoms with Crippen LogP contribution in [-0.4, -0.2) is 15.3 Å². The maximum Gasteiger partial charge on any atom is 0.150 e. The van der Waals surface area contributed by atoms with Gasteiger partial charge in [0, 0.05) is 24.6 Å². The zero-order chi connectivity index (χ0) is 14.9. The Labute approximate surface area is 125 Å². The number of anilines is 1. The van der Waals surface area contributed by atoms with Gasteiger partial charge in [-0.3, -0.25) is 4.79 Å². The third-order valence-corrected chi connectivity index (χ3v) is 4.33. The normalized spacial score (nSPS) is 15.9. The lowest BCUT2D eigenvalue weighted by molar-refractivity contribution is -0.121. The maximum absolute atomic E-state index is 12.8. The van der Waals surface area contributed by atoms with Gasteiger partial charge in [0.2, 0.25) is 0 Å². The summed E-state index contributed by atoms with van der Waals surface area (Å²) in [5.41, 5.74) is 7.27. The molecular weight excluding hydrogens is 262 g/mol. The summed E-state index contributed by atoms with van der Waals surface area (Å²) in [6, 6.07) is 7.72. The molecule has 110 valence electrons. The van der Waals surface area contributed by atoms with Crippen molar-refractivity contribution in [1.82, 2.24) is 9.55 Å². The molecule has 0 bridgehead atoms. The third kappa shape index (κ3) is 2.58. The van der Waals surface area contributed by atoms with Crippen molar-refractivity contribution in [2.45, 2.75) is 44.6 Å². The number of Topliss-reactive ketones (excluding diaryl/α,β-unsaturated/α-hetero) is 1. The van der Waals surface area contributed by atoms with E-state index in [1.54, 1.807) is 6.20 Å². The van der Waals surface area contributed by atoms with Gasteiger partial charge in [-0.05, 0) is 37.0 Å². The van der Waals surface area contributed by atoms with E-state index >= 15 is 0 Å². The van der Waals surface area contributed by atoms with Crippen molar-refractivity contribution in [2.24, 2.45) is 0 Å². The van der Waals surface area contributed by atoms with Crippen LogP contribution in [0, 0.1) is 0 Å². The number of carbonyl (C=O) groups is 1. The quantitative estimate of drug-likeness (QED) is 0.829. The molecule has 4 heteroatoms. The Kier molecular flexibility index (Phi) is 3.53. The molecular formula is C17H21N3O. The molecule has 1 heterocycles. The summed E-state index contributed by atoms with van der Waals surface area (Å²) in [5.74, 6) is 1.15. The molecule has 3 rings (SSSR count). The zero-order valence-corrected chi connectivity index (χ0v) is 12.4. The van der Waals surface area contributed by atoms with Crippen LogP contribution in [0.15, 0.2) is 36.7 Å². The first-order valence-electron chi connectivity index (χ1n) is 7.55. The fraction of sp³-hybridized carbons (Fsp3) is 0.412. The second kappa shape index (κ2) is 5.35. The molecule has 1 aromatic heterocycles. The highest BCUT2D eigenvalue weighted by molar-refractivity contribution is 5.94. The molecule has 1 fully saturated rings. The van der Waals surface area contributed by atoms with Crippen LogP contribution < -0.4 is 5.73 Å². The van der Waals surface area contributed by atoms with Crippen molar-refractivity contribution in [1.29, 1.82) is 0 Å². The highest BCUT2D eigenvalue weighted by Gasteiger charge is 2.50. The lowest BCUT2D eigenvalue weighted by atomic mass is 9.89. The molecule has 0 spiro atoms. The molecule has 0 radical (unpaired) electrons. The topological polar surface area (TPSA) is 60.9 Å². The van der Waals surface area contributed by atoms with E-state index in [2.05, 4.69) is 16.5 Å². The molecule has 0 amide bonds. The van der Waals surface area contributed by atoms with E-state index in [-0.39, 0.29) is 11.2 Å². The van der Waals surface area contributed by atoms with Gasteiger partial charge in [0.05, 0.1) is 11.8 Å². The van der Waals surface area contributed by atoms with Crippen LogP contribution in [-0.2, 0) is 23.2 Å². The molecule has 0 atom stereocenters. The Bertz CT molecular complexity index is 638. The summed E-state index contributed by atoms with van der Waals surface area (Å²) in [6.45, 7) is 3.04. The Morgan fingerprint density at radius 3 is 2.67 bits per heavy atom. The smallest absolute Gasteiger partial charge is 0.150 e. The number of hydrogen-bond donors (Lipinski definition) is 1. The highest BCUT2D eigenvalue weighted by Crippen LogP contribution is 2.49. The number of carbonyl (C=O) groups excluding carboxylic acids is 1. The van der Waals surface area contributed by atoms with Crippen LogP contribution in [0.1, 0.15) is 37.6 Å². The van der Waals surface area contributed by atoms with Crippen molar-refractivity contribution in [3.8, 4) is 0 Å². The molecule has 0 aliphatic heterocycles. The summed E-state index contributed by atoms with van der Waals surface area (Å²) in [5, 5.41) is 0. The van der Waals surface area contributed by atoms with E-state index in [1.807, 2.05) is 30.5 Å². The lowest BCUT2D eigenvalue weighted by Gasteiger charge is -2.15. The number of imidazole rings is 1. The van der Waals surface area contributed by atoms with Crippen molar-refractivity contribution in [3.63, 3.8) is 0 Å². The highest BCUT2D eigenvalue weighted by atomic mass is 16.1. The van der Waals surface area contributed by atoms with Crippen molar-refractivity contribution >= 4 is 11.5 Å². The van der Waals surface area contributed by atoms with E-state index < -0.39 is 0 Å². The summed E-state index contributed by atoms with van der Waals surface area (Å²) < 4.78 is 2.08. The van der Waals surface area contributed by atoms with Gasteiger partial charge in [-0.2, -0.15) is 0 Å². The monoisotopic (exact) mass is 283 g/mol. The fourth-order valence-corrected chi connectivity index (χ4v) is 2.92. The van der Waals surface area contributed by atoms with Gasteiger partial charge in [-0.25, -0.2) is 4.98 Å². The fourth-order valence-electron chi connectivity index (χ4n) is 2.92. The van der Waals surface area contributed by atoms with E-state index in [1.165, 1.54) is 0 Å². The molecule has 1 aliphatic carbocycles. The molecule has 2 aromatic rings. The van der Waals surface area contributed by atoms with Crippen LogP contribution in [0.25, 0.3) is 0 Å². The van der Waals surface area contributed by atoms with Crippen LogP contribution in [0.5, 0.6) is 0 Å². The molecule has 0 unspecified atom stereocenters. The number of benzene rings is 1. The minimum Gasteiger partial charge on any atom is -0.399 e. The van der Waals surface area contributed by atoms with Gasteiger partial charge in [-0.1, -0.05) is 19.1 Å². The maximum atomic E-state index is 12.8. The second-order valence-electron chi connectivity index (χ2n) is 5.84. The predicted molar refractivity (Wildman–Crippen MR) is 83.0 cm³/mol. The van der Waals surface area contributed by atoms with Crippen molar-refractivity contribution in [2.75, 3.05) is 5.73 Å². The van der Waals surface area contributed by atoms with Crippen LogP contribution in [0.2, 0.25) is 0 Å². The van der Waals surface area contributed by atoms with Gasteiger partial charge < -0.3 is 10.3 Å². The van der Waals surface area contributed by atoms with E-state index in [0.29, 0.717) is 6.42 Å². The molecule has 2 N–H and O–H groups in total. The molecule has 0 saturated heterocycles. The first kappa shape index (κ1) is 13.9. The molecule has 1 aliphatic rings. The summed E-state index contributed by atoms with van der Waals surface area (Å²) >= 11 is 0. The number of nitrogen functional groups attached to an aromatic ring is 1. The minimum absolute atomic E-state index is 0.274. The SMILES string of the molecule is CCCn1ccnc1CC(=O)C1(c2ccc(N)cc2)CC1. The lowest BCUT2D eigenvalue weighted by Crippen LogP contribution is -2.24. The first-order chi connectivity index (χ1) is 10.2. The average Bonchev–Trinajstić information content (AvgIpc) is 3.18. The third-order valence-electron chi connectivity index (χ3n) is 4.33. The number of aryl methyl sites for hydroxylation is 1. The van der Waals surface area contributed by atoms with E-state index in [4.69, 9.17) is 5.73 Å². The van der Waals surface area contributed by atoms with E-state index in [9.17, 15) is 4.79 Å². The van der Waals surface area contributed by atoms with Crippen molar-refractivity contribution in [3.05, 3.63) is 48.0 Å². The van der Waals surface area contributed by atoms with Crippen molar-refractivity contribution < 1.29 is 4.79 Å². The number of aromatic nitrogens is 2. The Hall–Kier alpha value is -2.10. The summed E-state index contributed by atoms with van der Waals surface area (Å²) in [7, 11) is 0. The molecule has 1 aromatic carbocycles. The number of ketones is 1. The molecule has 1 saturated carbocycles. The predicted octanol–water partition coefficient (Wildman–Crippen LogP) is 2.72. The standard InChI is InChI=1S/C17H21N3O/c1-2-10-20-11-9-19-16(20)12-15(21)17(7-8-17)13-3-5-14(18)6-4-13/h3-6,9,11H,2,7-8,10,12,18H2,1H3. The second-order valence-corrected chi connectivity index (χ2v) is 5.84. The zero-order valence-electron chi connectivity index (χ0n) is 12.4. The van der Waals surface area contributed by atoms with Gasteiger partial charge in [-0.15, -0.1) is 0 Å². The number of hydrogen-bond acceptors (Lipinski definition) is 3. The number of rotatable bonds is 6. The van der Waals surface area contributed by atoms with Gasteiger partial charge >= 0.3 is 0 Å². The van der Waals surface area contributed by atoms with Crippen LogP contribution in [0.4, 0.5) is 5.69 Å². The van der Waals surface area contributed by atoms with Gasteiger partial charge in [0.15, 0.2) is 5.78 Å². The minimum atomic E-state index is -0.295. The molecule has 21 heavy (non-hydrogen) atoms. The Balaban J connectivity index is 1.78. The summed E-state index contributed by atoms with van der Waals surface area (Å²) in [4.78, 5) is 17.1. The number of nitrogens with zero attached hydrogens (tertiary/aromatic N) is 2. The Morgan fingerprint density at radius 2 is 2.05 bits per heavy atom. The van der Waals surface area contributed by atoms with E-state index in [0.717, 1.165) is 42.9 Å². The van der Waals surface area contributed by atoms with Crippen LogP contribution in [0.3, 0.4) is 0 Å². The van der Waals surface area contributed by atoms with Gasteiger partial charge in [0.25, 0.3) is 0 Å². The number of nitrogens with two attached hydrogens (primary N) is 1. The largest absolute Gasteiger partial charge is 0.399 e. The molecule has 4 nitrogen and oxygen atoms in total. The Morgan fingerprint density at radius 1 is 1.33 bits per heavy atom. The first-order valence-corrected chi connectivity index (χ1v) is 7.55.